The van der Waals surface area contributed by atoms with Gasteiger partial charge < -0.3 is 0 Å². The van der Waals surface area contributed by atoms with Crippen molar-refractivity contribution in [2.75, 3.05) is 0 Å². The van der Waals surface area contributed by atoms with Gasteiger partial charge in [-0.05, 0) is 23.8 Å². The molecule has 0 bridgehead atoms. The highest BCUT2D eigenvalue weighted by Crippen LogP contribution is 2.17. The van der Waals surface area contributed by atoms with Crippen LogP contribution in [0.25, 0.3) is 4.96 Å². The minimum absolute atomic E-state index is 0.640. The van der Waals surface area contributed by atoms with Crippen LogP contribution in [-0.2, 0) is 13.0 Å². The van der Waals surface area contributed by atoms with E-state index in [1.165, 1.54) is 11.3 Å². The second kappa shape index (κ2) is 5.51. The molecule has 8 heteroatoms. The fourth-order valence-corrected chi connectivity index (χ4v) is 3.16. The largest absolute Gasteiger partial charge is 0.266 e. The van der Waals surface area contributed by atoms with Crippen LogP contribution in [0.15, 0.2) is 42.7 Å². The van der Waals surface area contributed by atoms with Crippen LogP contribution in [0, 0.1) is 0 Å². The first-order valence-electron chi connectivity index (χ1n) is 6.70. The molecule has 6 nitrogen and oxygen atoms in total. The normalized spacial score (nSPS) is 11.3. The first kappa shape index (κ1) is 13.4. The Kier molecular flexibility index (Phi) is 3.36. The molecule has 3 aromatic heterocycles. The second-order valence-electron chi connectivity index (χ2n) is 4.81. The Balaban J connectivity index is 1.61. The molecule has 1 aromatic carbocycles. The van der Waals surface area contributed by atoms with Crippen LogP contribution in [0.4, 0.5) is 0 Å². The van der Waals surface area contributed by atoms with Gasteiger partial charge >= 0.3 is 0 Å². The van der Waals surface area contributed by atoms with Gasteiger partial charge in [0.05, 0.1) is 6.54 Å². The number of hydrogen-bond acceptors (Lipinski definition) is 5. The lowest BCUT2D eigenvalue weighted by molar-refractivity contribution is 0.669. The Morgan fingerprint density at radius 1 is 1.14 bits per heavy atom. The molecule has 110 valence electrons. The van der Waals surface area contributed by atoms with Gasteiger partial charge in [0.1, 0.15) is 5.01 Å². The third-order valence-corrected chi connectivity index (χ3v) is 4.36. The highest BCUT2D eigenvalue weighted by atomic mass is 35.5. The van der Waals surface area contributed by atoms with Crippen molar-refractivity contribution in [2.45, 2.75) is 13.0 Å². The Hall–Kier alpha value is -2.25. The number of nitrogens with zero attached hydrogens (tertiary/aromatic N) is 6. The quantitative estimate of drug-likeness (QED) is 0.577. The molecule has 0 N–H and O–H groups in total. The Labute approximate surface area is 135 Å². The first-order valence-corrected chi connectivity index (χ1v) is 7.89. The summed E-state index contributed by atoms with van der Waals surface area (Å²) in [6.07, 6.45) is 4.34. The van der Waals surface area contributed by atoms with Crippen LogP contribution in [0.5, 0.6) is 0 Å². The van der Waals surface area contributed by atoms with Crippen molar-refractivity contribution in [3.05, 3.63) is 64.1 Å². The van der Waals surface area contributed by atoms with Crippen LogP contribution in [-0.4, -0.2) is 29.6 Å². The molecule has 0 radical (unpaired) electrons. The third-order valence-electron chi connectivity index (χ3n) is 3.23. The van der Waals surface area contributed by atoms with E-state index in [1.54, 1.807) is 10.7 Å². The summed E-state index contributed by atoms with van der Waals surface area (Å²) in [4.78, 5) is 0.797. The third kappa shape index (κ3) is 2.60. The Bertz CT molecular complexity index is 893. The van der Waals surface area contributed by atoms with E-state index in [-0.39, 0.29) is 0 Å². The lowest BCUT2D eigenvalue weighted by Crippen LogP contribution is -2.02. The summed E-state index contributed by atoms with van der Waals surface area (Å²) in [6, 6.07) is 9.62. The van der Waals surface area contributed by atoms with E-state index in [2.05, 4.69) is 20.4 Å². The molecule has 0 saturated heterocycles. The molecule has 4 aromatic rings. The molecule has 0 fully saturated rings. The average molecular weight is 331 g/mol. The molecule has 0 aliphatic rings. The summed E-state index contributed by atoms with van der Waals surface area (Å²) in [5.74, 6) is 0.820. The number of fused-ring (bicyclic) bond motifs is 1. The van der Waals surface area contributed by atoms with E-state index in [9.17, 15) is 0 Å². The van der Waals surface area contributed by atoms with Gasteiger partial charge in [-0.1, -0.05) is 35.1 Å². The van der Waals surface area contributed by atoms with Gasteiger partial charge in [0.15, 0.2) is 5.82 Å². The molecule has 0 unspecified atom stereocenters. The predicted molar refractivity (Wildman–Crippen MR) is 84.2 cm³/mol. The standard InChI is InChI=1S/C14H11ClN6S/c15-11-4-2-10(3-5-11)8-12-17-18-14-21(12)19-13(22-14)9-20-7-1-6-16-20/h1-7H,8-9H2. The minimum Gasteiger partial charge on any atom is -0.266 e. The summed E-state index contributed by atoms with van der Waals surface area (Å²) in [7, 11) is 0. The maximum Gasteiger partial charge on any atom is 0.234 e. The zero-order valence-electron chi connectivity index (χ0n) is 11.4. The van der Waals surface area contributed by atoms with Gasteiger partial charge in [-0.2, -0.15) is 14.7 Å². The van der Waals surface area contributed by atoms with Crippen molar-refractivity contribution in [2.24, 2.45) is 0 Å². The van der Waals surface area contributed by atoms with E-state index >= 15 is 0 Å². The number of halogens is 1. The highest BCUT2D eigenvalue weighted by Gasteiger charge is 2.12. The Morgan fingerprint density at radius 2 is 2.00 bits per heavy atom. The van der Waals surface area contributed by atoms with Crippen molar-refractivity contribution in [1.82, 2.24) is 29.6 Å². The zero-order chi connectivity index (χ0) is 14.9. The Morgan fingerprint density at radius 3 is 2.77 bits per heavy atom. The van der Waals surface area contributed by atoms with Crippen LogP contribution < -0.4 is 0 Å². The monoisotopic (exact) mass is 330 g/mol. The topological polar surface area (TPSA) is 60.9 Å². The molecule has 0 aliphatic carbocycles. The van der Waals surface area contributed by atoms with Crippen LogP contribution >= 0.6 is 22.9 Å². The predicted octanol–water partition coefficient (Wildman–Crippen LogP) is 2.67. The molecular weight excluding hydrogens is 320 g/mol. The fraction of sp³-hybridized carbons (Fsp3) is 0.143. The number of aromatic nitrogens is 6. The van der Waals surface area contributed by atoms with E-state index in [0.29, 0.717) is 13.0 Å². The summed E-state index contributed by atoms with van der Waals surface area (Å²) >= 11 is 7.43. The second-order valence-corrected chi connectivity index (χ2v) is 6.29. The minimum atomic E-state index is 0.640. The number of hydrogen-bond donors (Lipinski definition) is 0. The van der Waals surface area contributed by atoms with Crippen molar-refractivity contribution in [1.29, 1.82) is 0 Å². The van der Waals surface area contributed by atoms with Gasteiger partial charge in [-0.3, -0.25) is 4.68 Å². The van der Waals surface area contributed by atoms with Crippen molar-refractivity contribution >= 4 is 27.9 Å². The van der Waals surface area contributed by atoms with Gasteiger partial charge in [0, 0.05) is 23.8 Å². The van der Waals surface area contributed by atoms with Gasteiger partial charge in [0.25, 0.3) is 0 Å². The number of rotatable bonds is 4. The molecule has 3 heterocycles. The van der Waals surface area contributed by atoms with E-state index in [4.69, 9.17) is 11.6 Å². The van der Waals surface area contributed by atoms with Gasteiger partial charge in [-0.25, -0.2) is 0 Å². The molecule has 0 amide bonds. The number of benzene rings is 1. The van der Waals surface area contributed by atoms with E-state index < -0.39 is 0 Å². The van der Waals surface area contributed by atoms with Crippen LogP contribution in [0.3, 0.4) is 0 Å². The van der Waals surface area contributed by atoms with E-state index in [0.717, 1.165) is 26.4 Å². The van der Waals surface area contributed by atoms with Crippen molar-refractivity contribution in [3.8, 4) is 0 Å². The molecule has 0 spiro atoms. The van der Waals surface area contributed by atoms with Crippen molar-refractivity contribution < 1.29 is 0 Å². The fourth-order valence-electron chi connectivity index (χ4n) is 2.19. The van der Waals surface area contributed by atoms with Crippen LogP contribution in [0.2, 0.25) is 5.02 Å². The molecular formula is C14H11ClN6S. The summed E-state index contributed by atoms with van der Waals surface area (Å²) < 4.78 is 3.64. The lowest BCUT2D eigenvalue weighted by atomic mass is 10.1. The SMILES string of the molecule is Clc1ccc(Cc2nnc3sc(Cn4cccn4)nn23)cc1. The molecule has 0 aliphatic heterocycles. The highest BCUT2D eigenvalue weighted by molar-refractivity contribution is 7.16. The van der Waals surface area contributed by atoms with Gasteiger partial charge in [-0.15, -0.1) is 10.2 Å². The smallest absolute Gasteiger partial charge is 0.234 e. The molecule has 22 heavy (non-hydrogen) atoms. The summed E-state index contributed by atoms with van der Waals surface area (Å²) in [5.41, 5.74) is 1.13. The lowest BCUT2D eigenvalue weighted by Gasteiger charge is -1.99. The van der Waals surface area contributed by atoms with Crippen LogP contribution in [0.1, 0.15) is 16.4 Å². The molecule has 4 rings (SSSR count). The zero-order valence-corrected chi connectivity index (χ0v) is 13.0. The maximum atomic E-state index is 5.91. The van der Waals surface area contributed by atoms with Gasteiger partial charge in [0.2, 0.25) is 4.96 Å². The summed E-state index contributed by atoms with van der Waals surface area (Å²) in [6.45, 7) is 0.640. The average Bonchev–Trinajstić information content (AvgIpc) is 3.21. The van der Waals surface area contributed by atoms with E-state index in [1.807, 2.05) is 41.2 Å². The maximum absolute atomic E-state index is 5.91. The van der Waals surface area contributed by atoms with Crippen molar-refractivity contribution in [3.63, 3.8) is 0 Å². The summed E-state index contributed by atoms with van der Waals surface area (Å²) in [5, 5.41) is 18.9. The first-order chi connectivity index (χ1) is 10.8. The molecule has 0 saturated carbocycles. The molecule has 0 atom stereocenters.